The Morgan fingerprint density at radius 2 is 2.14 bits per heavy atom. The van der Waals surface area contributed by atoms with Gasteiger partial charge in [-0.15, -0.1) is 0 Å². The van der Waals surface area contributed by atoms with Crippen molar-refractivity contribution < 1.29 is 18.8 Å². The van der Waals surface area contributed by atoms with Crippen molar-refractivity contribution in [3.63, 3.8) is 0 Å². The van der Waals surface area contributed by atoms with E-state index in [-0.39, 0.29) is 24.0 Å². The van der Waals surface area contributed by atoms with Crippen molar-refractivity contribution in [1.82, 2.24) is 20.7 Å². The molecule has 0 saturated heterocycles. The molecule has 4 rings (SSSR count). The van der Waals surface area contributed by atoms with Gasteiger partial charge in [-0.1, -0.05) is 5.16 Å². The largest absolute Gasteiger partial charge is 0.449 e. The van der Waals surface area contributed by atoms with Crippen LogP contribution in [0.5, 0.6) is 0 Å². The summed E-state index contributed by atoms with van der Waals surface area (Å²) in [7, 11) is 0. The van der Waals surface area contributed by atoms with E-state index in [4.69, 9.17) is 9.26 Å². The lowest BCUT2D eigenvalue weighted by Gasteiger charge is -2.34. The molecule has 2 amide bonds. The molecule has 0 bridgehead atoms. The van der Waals surface area contributed by atoms with Crippen LogP contribution in [0.15, 0.2) is 16.7 Å². The van der Waals surface area contributed by atoms with Crippen LogP contribution in [0.2, 0.25) is 0 Å². The van der Waals surface area contributed by atoms with Gasteiger partial charge in [-0.25, -0.2) is 4.79 Å². The van der Waals surface area contributed by atoms with Crippen molar-refractivity contribution >= 4 is 17.8 Å². The second-order valence-electron chi connectivity index (χ2n) is 8.19. The molecule has 9 heteroatoms. The summed E-state index contributed by atoms with van der Waals surface area (Å²) >= 11 is 0. The first-order valence-electron chi connectivity index (χ1n) is 9.61. The minimum Gasteiger partial charge on any atom is -0.449 e. The quantitative estimate of drug-likeness (QED) is 0.671. The molecule has 150 valence electrons. The highest BCUT2D eigenvalue weighted by molar-refractivity contribution is 5.91. The minimum absolute atomic E-state index is 0.0533. The number of aromatic nitrogens is 3. The fourth-order valence-electron chi connectivity index (χ4n) is 3.37. The summed E-state index contributed by atoms with van der Waals surface area (Å²) in [5, 5.41) is 16.5. The Morgan fingerprint density at radius 3 is 2.82 bits per heavy atom. The molecule has 28 heavy (non-hydrogen) atoms. The van der Waals surface area contributed by atoms with Gasteiger partial charge in [0.05, 0.1) is 18.7 Å². The van der Waals surface area contributed by atoms with Gasteiger partial charge in [-0.2, -0.15) is 5.10 Å². The topological polar surface area (TPSA) is 122 Å². The summed E-state index contributed by atoms with van der Waals surface area (Å²) < 4.78 is 10.4. The summed E-state index contributed by atoms with van der Waals surface area (Å²) in [6.07, 6.45) is 3.69. The second kappa shape index (κ2) is 7.29. The monoisotopic (exact) mass is 387 g/mol. The Balaban J connectivity index is 1.18. The zero-order valence-corrected chi connectivity index (χ0v) is 16.1. The Kier molecular flexibility index (Phi) is 4.82. The molecule has 9 nitrogen and oxygen atoms in total. The van der Waals surface area contributed by atoms with E-state index in [1.165, 1.54) is 0 Å². The first-order chi connectivity index (χ1) is 13.4. The molecule has 2 aromatic heterocycles. The molecule has 2 aliphatic carbocycles. The third kappa shape index (κ3) is 4.52. The van der Waals surface area contributed by atoms with Crippen LogP contribution in [0.25, 0.3) is 0 Å². The lowest BCUT2D eigenvalue weighted by Crippen LogP contribution is -2.36. The standard InChI is InChI=1S/C19H25N5O4/c1-11-5-14(28-24-11)8-17(25)20-16-9-15(22-23-16)13-6-12(7-13)10-27-18(26)21-19(2)3-4-19/h5,9,12-13H,3-4,6-8,10H2,1-2H3,(H,21,26)(H2,20,22,23,25). The number of carbonyl (C=O) groups is 2. The van der Waals surface area contributed by atoms with Gasteiger partial charge in [0.1, 0.15) is 5.76 Å². The van der Waals surface area contributed by atoms with Crippen LogP contribution < -0.4 is 10.6 Å². The van der Waals surface area contributed by atoms with Gasteiger partial charge < -0.3 is 19.9 Å². The van der Waals surface area contributed by atoms with E-state index < -0.39 is 0 Å². The Hall–Kier alpha value is -2.84. The van der Waals surface area contributed by atoms with E-state index in [0.29, 0.717) is 30.0 Å². The SMILES string of the molecule is Cc1cc(CC(=O)Nc2cc(C3CC(COC(=O)NC4(C)CC4)C3)[nH]n2)on1. The van der Waals surface area contributed by atoms with Gasteiger partial charge in [-0.05, 0) is 45.4 Å². The molecule has 0 radical (unpaired) electrons. The number of anilines is 1. The summed E-state index contributed by atoms with van der Waals surface area (Å²) in [5.41, 5.74) is 1.67. The van der Waals surface area contributed by atoms with Crippen molar-refractivity contribution in [2.24, 2.45) is 5.92 Å². The van der Waals surface area contributed by atoms with Gasteiger partial charge in [0, 0.05) is 29.3 Å². The number of nitrogens with zero attached hydrogens (tertiary/aromatic N) is 2. The lowest BCUT2D eigenvalue weighted by atomic mass is 9.74. The number of ether oxygens (including phenoxy) is 1. The molecular weight excluding hydrogens is 362 g/mol. The molecule has 2 heterocycles. The van der Waals surface area contributed by atoms with Crippen molar-refractivity contribution in [2.75, 3.05) is 11.9 Å². The highest BCUT2D eigenvalue weighted by Gasteiger charge is 2.39. The molecule has 2 fully saturated rings. The number of alkyl carbamates (subject to hydrolysis) is 1. The molecule has 0 atom stereocenters. The smallest absolute Gasteiger partial charge is 0.407 e. The lowest BCUT2D eigenvalue weighted by molar-refractivity contribution is -0.115. The molecule has 2 saturated carbocycles. The molecule has 2 aliphatic rings. The van der Waals surface area contributed by atoms with Gasteiger partial charge in [0.2, 0.25) is 5.91 Å². The van der Waals surface area contributed by atoms with E-state index in [1.807, 2.05) is 19.9 Å². The third-order valence-electron chi connectivity index (χ3n) is 5.41. The van der Waals surface area contributed by atoms with E-state index >= 15 is 0 Å². The van der Waals surface area contributed by atoms with E-state index in [9.17, 15) is 9.59 Å². The molecule has 0 unspecified atom stereocenters. The van der Waals surface area contributed by atoms with Crippen LogP contribution in [0, 0.1) is 12.8 Å². The maximum absolute atomic E-state index is 12.1. The number of hydrogen-bond acceptors (Lipinski definition) is 6. The highest BCUT2D eigenvalue weighted by Crippen LogP contribution is 2.41. The zero-order chi connectivity index (χ0) is 19.7. The van der Waals surface area contributed by atoms with E-state index in [0.717, 1.165) is 37.1 Å². The number of rotatable bonds is 7. The van der Waals surface area contributed by atoms with Crippen molar-refractivity contribution in [2.45, 2.75) is 57.4 Å². The van der Waals surface area contributed by atoms with Crippen molar-refractivity contribution in [1.29, 1.82) is 0 Å². The molecule has 3 N–H and O–H groups in total. The number of aryl methyl sites for hydroxylation is 1. The van der Waals surface area contributed by atoms with Crippen LogP contribution in [0.1, 0.15) is 55.7 Å². The van der Waals surface area contributed by atoms with Gasteiger partial charge in [0.15, 0.2) is 5.82 Å². The average molecular weight is 387 g/mol. The fourth-order valence-corrected chi connectivity index (χ4v) is 3.37. The van der Waals surface area contributed by atoms with Crippen molar-refractivity contribution in [3.05, 3.63) is 29.3 Å². The Bertz CT molecular complexity index is 863. The third-order valence-corrected chi connectivity index (χ3v) is 5.41. The van der Waals surface area contributed by atoms with Crippen LogP contribution in [-0.2, 0) is 16.0 Å². The summed E-state index contributed by atoms with van der Waals surface area (Å²) in [6, 6.07) is 3.59. The van der Waals surface area contributed by atoms with Gasteiger partial charge >= 0.3 is 6.09 Å². The van der Waals surface area contributed by atoms with Crippen LogP contribution in [0.3, 0.4) is 0 Å². The van der Waals surface area contributed by atoms with Crippen molar-refractivity contribution in [3.8, 4) is 0 Å². The number of aromatic amines is 1. The minimum atomic E-state index is -0.322. The van der Waals surface area contributed by atoms with E-state index in [2.05, 4.69) is 26.0 Å². The fraction of sp³-hybridized carbons (Fsp3) is 0.579. The molecule has 0 aliphatic heterocycles. The first kappa shape index (κ1) is 18.5. The second-order valence-corrected chi connectivity index (χ2v) is 8.19. The highest BCUT2D eigenvalue weighted by atomic mass is 16.5. The van der Waals surface area contributed by atoms with Crippen LogP contribution in [0.4, 0.5) is 10.6 Å². The predicted octanol–water partition coefficient (Wildman–Crippen LogP) is 2.66. The molecule has 0 spiro atoms. The molecule has 0 aromatic carbocycles. The molecule has 2 aromatic rings. The maximum atomic E-state index is 12.1. The summed E-state index contributed by atoms with van der Waals surface area (Å²) in [4.78, 5) is 23.8. The number of H-pyrrole nitrogens is 1. The average Bonchev–Trinajstić information content (AvgIpc) is 2.96. The Labute approximate surface area is 162 Å². The summed E-state index contributed by atoms with van der Waals surface area (Å²) in [6.45, 7) is 4.27. The number of carbonyl (C=O) groups excluding carboxylic acids is 2. The zero-order valence-electron chi connectivity index (χ0n) is 16.1. The van der Waals surface area contributed by atoms with E-state index in [1.54, 1.807) is 6.07 Å². The predicted molar refractivity (Wildman–Crippen MR) is 99.7 cm³/mol. The van der Waals surface area contributed by atoms with Crippen LogP contribution in [-0.4, -0.2) is 39.5 Å². The van der Waals surface area contributed by atoms with Gasteiger partial charge in [-0.3, -0.25) is 9.89 Å². The first-order valence-corrected chi connectivity index (χ1v) is 9.61. The summed E-state index contributed by atoms with van der Waals surface area (Å²) in [5.74, 6) is 1.51. The number of nitrogens with one attached hydrogen (secondary N) is 3. The Morgan fingerprint density at radius 1 is 1.36 bits per heavy atom. The molecular formula is C19H25N5O4. The number of hydrogen-bond donors (Lipinski definition) is 3. The maximum Gasteiger partial charge on any atom is 0.407 e. The van der Waals surface area contributed by atoms with Gasteiger partial charge in [0.25, 0.3) is 0 Å². The normalized spacial score (nSPS) is 22.2. The van der Waals surface area contributed by atoms with Crippen LogP contribution >= 0.6 is 0 Å². The number of amides is 2.